The smallest absolute Gasteiger partial charge is 0.257 e. The number of nitrogens with one attached hydrogen (secondary N) is 2. The standard InChI is InChI=1S/C30H39N9O/c1-20(2)38-12-14-39(15-13-38)28-16-22(10-11-32-28)29(40)36-26-17-25-23(18-33-26)8-9-24(35-25)21(3)34-27(19-31-7)37-30(4,5)6/h8-11,16-20,37H,7,12-15H2,1-6H3,(H,33,36,40)/b27-19+,34-21+. The van der Waals surface area contributed by atoms with Crippen molar-refractivity contribution in [3.63, 3.8) is 0 Å². The maximum Gasteiger partial charge on any atom is 0.257 e. The van der Waals surface area contributed by atoms with Crippen LogP contribution in [-0.2, 0) is 0 Å². The van der Waals surface area contributed by atoms with E-state index in [1.165, 1.54) is 0 Å². The van der Waals surface area contributed by atoms with E-state index >= 15 is 0 Å². The number of anilines is 2. The van der Waals surface area contributed by atoms with Gasteiger partial charge >= 0.3 is 0 Å². The second-order valence-electron chi connectivity index (χ2n) is 11.2. The van der Waals surface area contributed by atoms with E-state index in [1.807, 2.05) is 45.9 Å². The Morgan fingerprint density at radius 2 is 1.85 bits per heavy atom. The summed E-state index contributed by atoms with van der Waals surface area (Å²) in [5.41, 5.74) is 2.47. The highest BCUT2D eigenvalue weighted by Crippen LogP contribution is 2.19. The summed E-state index contributed by atoms with van der Waals surface area (Å²) in [6.45, 7) is 19.7. The third kappa shape index (κ3) is 7.47. The van der Waals surface area contributed by atoms with Crippen molar-refractivity contribution in [3.8, 4) is 0 Å². The lowest BCUT2D eigenvalue weighted by Gasteiger charge is -2.37. The van der Waals surface area contributed by atoms with E-state index in [0.717, 1.165) is 43.1 Å². The molecule has 1 aliphatic heterocycles. The Bertz CT molecular complexity index is 1430. The first-order valence-electron chi connectivity index (χ1n) is 13.6. The number of rotatable bonds is 8. The van der Waals surface area contributed by atoms with Crippen LogP contribution in [0.1, 0.15) is 57.6 Å². The molecule has 2 N–H and O–H groups in total. The van der Waals surface area contributed by atoms with Crippen molar-refractivity contribution in [2.24, 2.45) is 9.98 Å². The molecule has 1 saturated heterocycles. The first kappa shape index (κ1) is 28.8. The van der Waals surface area contributed by atoms with Crippen molar-refractivity contribution in [2.45, 2.75) is 53.1 Å². The minimum absolute atomic E-state index is 0.186. The van der Waals surface area contributed by atoms with Crippen molar-refractivity contribution in [3.05, 3.63) is 66.0 Å². The zero-order valence-corrected chi connectivity index (χ0v) is 24.3. The Kier molecular flexibility index (Phi) is 8.89. The van der Waals surface area contributed by atoms with Gasteiger partial charge in [-0.2, -0.15) is 0 Å². The number of aliphatic imine (C=N–C) groups is 2. The van der Waals surface area contributed by atoms with E-state index in [4.69, 9.17) is 4.98 Å². The molecule has 0 atom stereocenters. The van der Waals surface area contributed by atoms with Crippen LogP contribution in [-0.4, -0.2) is 75.9 Å². The molecular weight excluding hydrogens is 502 g/mol. The number of carbonyl (C=O) groups is 1. The van der Waals surface area contributed by atoms with Crippen LogP contribution in [0.5, 0.6) is 0 Å². The van der Waals surface area contributed by atoms with Crippen molar-refractivity contribution >= 4 is 40.9 Å². The fraction of sp³-hybridized carbons (Fsp3) is 0.400. The second kappa shape index (κ2) is 12.3. The minimum atomic E-state index is -0.245. The van der Waals surface area contributed by atoms with Gasteiger partial charge in [-0.05, 0) is 72.5 Å². The van der Waals surface area contributed by atoms with Crippen LogP contribution in [0.15, 0.2) is 64.7 Å². The normalized spacial score (nSPS) is 15.4. The highest BCUT2D eigenvalue weighted by Gasteiger charge is 2.20. The van der Waals surface area contributed by atoms with Gasteiger partial charge in [0.2, 0.25) is 0 Å². The molecule has 1 fully saturated rings. The molecule has 0 saturated carbocycles. The van der Waals surface area contributed by atoms with Crippen LogP contribution in [0.4, 0.5) is 11.6 Å². The van der Waals surface area contributed by atoms with Crippen LogP contribution in [0, 0.1) is 0 Å². The molecule has 3 aromatic rings. The molecule has 10 heteroatoms. The second-order valence-corrected chi connectivity index (χ2v) is 11.2. The Morgan fingerprint density at radius 1 is 1.10 bits per heavy atom. The summed E-state index contributed by atoms with van der Waals surface area (Å²) >= 11 is 0. The number of aromatic nitrogens is 3. The molecule has 10 nitrogen and oxygen atoms in total. The van der Waals surface area contributed by atoms with Crippen LogP contribution >= 0.6 is 0 Å². The molecule has 1 aliphatic rings. The summed E-state index contributed by atoms with van der Waals surface area (Å²) in [6, 6.07) is 9.69. The number of fused-ring (bicyclic) bond motifs is 1. The predicted octanol–water partition coefficient (Wildman–Crippen LogP) is 4.50. The molecule has 3 aromatic heterocycles. The maximum absolute atomic E-state index is 13.1. The lowest BCUT2D eigenvalue weighted by atomic mass is 10.1. The van der Waals surface area contributed by atoms with Gasteiger partial charge in [-0.1, -0.05) is 0 Å². The Labute approximate surface area is 236 Å². The van der Waals surface area contributed by atoms with Crippen LogP contribution in [0.3, 0.4) is 0 Å². The first-order chi connectivity index (χ1) is 19.0. The molecular formula is C30H39N9O. The molecule has 0 bridgehead atoms. The lowest BCUT2D eigenvalue weighted by Crippen LogP contribution is -2.49. The van der Waals surface area contributed by atoms with Gasteiger partial charge in [0.05, 0.1) is 23.1 Å². The summed E-state index contributed by atoms with van der Waals surface area (Å²) in [5, 5.41) is 7.09. The third-order valence-corrected chi connectivity index (χ3v) is 6.57. The van der Waals surface area contributed by atoms with Gasteiger partial charge in [0.25, 0.3) is 5.91 Å². The lowest BCUT2D eigenvalue weighted by molar-refractivity contribution is 0.102. The van der Waals surface area contributed by atoms with Crippen molar-refractivity contribution in [1.82, 2.24) is 25.2 Å². The molecule has 0 aromatic carbocycles. The first-order valence-corrected chi connectivity index (χ1v) is 13.6. The molecule has 0 spiro atoms. The van der Waals surface area contributed by atoms with E-state index < -0.39 is 0 Å². The topological polar surface area (TPSA) is 111 Å². The van der Waals surface area contributed by atoms with Crippen LogP contribution in [0.2, 0.25) is 0 Å². The monoisotopic (exact) mass is 541 g/mol. The SMILES string of the molecule is C=N/C=C(\N=C(/C)c1ccc2cnc(NC(=O)c3ccnc(N4CCN(C(C)C)CC4)c3)cc2n1)NC(C)(C)C. The summed E-state index contributed by atoms with van der Waals surface area (Å²) < 4.78 is 0. The molecule has 4 rings (SSSR count). The Balaban J connectivity index is 1.50. The maximum atomic E-state index is 13.1. The number of amides is 1. The summed E-state index contributed by atoms with van der Waals surface area (Å²) in [5.74, 6) is 1.59. The summed E-state index contributed by atoms with van der Waals surface area (Å²) in [4.78, 5) is 40.0. The summed E-state index contributed by atoms with van der Waals surface area (Å²) in [7, 11) is 0. The van der Waals surface area contributed by atoms with Crippen molar-refractivity contribution in [2.75, 3.05) is 36.4 Å². The average Bonchev–Trinajstić information content (AvgIpc) is 2.92. The molecule has 0 unspecified atom stereocenters. The van der Waals surface area contributed by atoms with Crippen LogP contribution in [0.25, 0.3) is 10.9 Å². The fourth-order valence-corrected chi connectivity index (χ4v) is 4.47. The highest BCUT2D eigenvalue weighted by molar-refractivity contribution is 6.05. The molecule has 4 heterocycles. The minimum Gasteiger partial charge on any atom is -0.364 e. The van der Waals surface area contributed by atoms with E-state index in [1.54, 1.807) is 30.7 Å². The van der Waals surface area contributed by atoms with Crippen molar-refractivity contribution < 1.29 is 4.79 Å². The number of piperazine rings is 1. The van der Waals surface area contributed by atoms with Crippen molar-refractivity contribution in [1.29, 1.82) is 0 Å². The van der Waals surface area contributed by atoms with E-state index in [-0.39, 0.29) is 11.4 Å². The van der Waals surface area contributed by atoms with E-state index in [0.29, 0.717) is 34.5 Å². The Morgan fingerprint density at radius 3 is 2.52 bits per heavy atom. The zero-order valence-electron chi connectivity index (χ0n) is 24.3. The van der Waals surface area contributed by atoms with Gasteiger partial charge in [-0.3, -0.25) is 14.7 Å². The van der Waals surface area contributed by atoms with Gasteiger partial charge in [0.15, 0.2) is 0 Å². The molecule has 0 aliphatic carbocycles. The number of carbonyl (C=O) groups excluding carboxylic acids is 1. The van der Waals surface area contributed by atoms with E-state index in [9.17, 15) is 4.79 Å². The van der Waals surface area contributed by atoms with Gasteiger partial charge in [0, 0.05) is 67.2 Å². The molecule has 0 radical (unpaired) electrons. The largest absolute Gasteiger partial charge is 0.364 e. The van der Waals surface area contributed by atoms with Gasteiger partial charge in [-0.15, -0.1) is 0 Å². The average molecular weight is 542 g/mol. The Hall–Kier alpha value is -4.18. The van der Waals surface area contributed by atoms with Crippen LogP contribution < -0.4 is 15.5 Å². The van der Waals surface area contributed by atoms with Gasteiger partial charge in [-0.25, -0.2) is 19.9 Å². The third-order valence-electron chi connectivity index (χ3n) is 6.57. The molecule has 1 amide bonds. The zero-order chi connectivity index (χ0) is 28.9. The quantitative estimate of drug-likeness (QED) is 0.404. The predicted molar refractivity (Wildman–Crippen MR) is 163 cm³/mol. The number of nitrogens with zero attached hydrogens (tertiary/aromatic N) is 7. The molecule has 40 heavy (non-hydrogen) atoms. The highest BCUT2D eigenvalue weighted by atomic mass is 16.1. The van der Waals surface area contributed by atoms with Gasteiger partial charge < -0.3 is 15.5 Å². The number of hydrogen-bond acceptors (Lipinski definition) is 9. The number of hydrogen-bond donors (Lipinski definition) is 2. The number of pyridine rings is 3. The fourth-order valence-electron chi connectivity index (χ4n) is 4.47. The van der Waals surface area contributed by atoms with E-state index in [2.05, 4.69) is 61.0 Å². The summed E-state index contributed by atoms with van der Waals surface area (Å²) in [6.07, 6.45) is 4.97. The van der Waals surface area contributed by atoms with Gasteiger partial charge in [0.1, 0.15) is 17.5 Å². The molecule has 210 valence electrons.